The van der Waals surface area contributed by atoms with Crippen LogP contribution in [0.25, 0.3) is 11.3 Å². The summed E-state index contributed by atoms with van der Waals surface area (Å²) in [7, 11) is 1.81. The Labute approximate surface area is 111 Å². The van der Waals surface area contributed by atoms with E-state index >= 15 is 0 Å². The minimum atomic E-state index is -0.957. The second kappa shape index (κ2) is 5.26. The van der Waals surface area contributed by atoms with Crippen LogP contribution in [0.3, 0.4) is 0 Å². The van der Waals surface area contributed by atoms with Gasteiger partial charge in [0.05, 0.1) is 5.69 Å². The lowest BCUT2D eigenvalue weighted by Crippen LogP contribution is -1.98. The lowest BCUT2D eigenvalue weighted by atomic mass is 10.1. The predicted octanol–water partition coefficient (Wildman–Crippen LogP) is 2.09. The highest BCUT2D eigenvalue weighted by Crippen LogP contribution is 2.24. The maximum atomic E-state index is 11.3. The number of hydrogen-bond acceptors (Lipinski definition) is 3. The Morgan fingerprint density at radius 1 is 1.37 bits per heavy atom. The summed E-state index contributed by atoms with van der Waals surface area (Å²) < 4.78 is 3.37. The van der Waals surface area contributed by atoms with Crippen molar-refractivity contribution in [1.82, 2.24) is 19.6 Å². The van der Waals surface area contributed by atoms with Gasteiger partial charge in [-0.2, -0.15) is 10.2 Å². The summed E-state index contributed by atoms with van der Waals surface area (Å²) in [5.74, 6) is -0.957. The number of carboxylic acid groups (broad SMARTS) is 1. The first-order chi connectivity index (χ1) is 9.02. The van der Waals surface area contributed by atoms with Gasteiger partial charge in [-0.1, -0.05) is 13.3 Å². The molecule has 2 rings (SSSR count). The van der Waals surface area contributed by atoms with Crippen molar-refractivity contribution in [2.75, 3.05) is 0 Å². The normalized spacial score (nSPS) is 10.9. The van der Waals surface area contributed by atoms with Crippen molar-refractivity contribution in [2.24, 2.45) is 7.05 Å². The fourth-order valence-electron chi connectivity index (χ4n) is 2.04. The largest absolute Gasteiger partial charge is 0.478 e. The molecule has 6 heteroatoms. The molecule has 0 fully saturated rings. The Morgan fingerprint density at radius 3 is 2.63 bits per heavy atom. The zero-order chi connectivity index (χ0) is 14.0. The summed E-state index contributed by atoms with van der Waals surface area (Å²) in [4.78, 5) is 11.3. The van der Waals surface area contributed by atoms with Gasteiger partial charge in [0.1, 0.15) is 11.3 Å². The monoisotopic (exact) mass is 262 g/mol. The number of aromatic nitrogens is 4. The van der Waals surface area contributed by atoms with Crippen molar-refractivity contribution in [3.8, 4) is 11.3 Å². The molecular formula is C13H18N4O2. The van der Waals surface area contributed by atoms with Crippen molar-refractivity contribution in [2.45, 2.75) is 33.2 Å². The number of rotatable bonds is 5. The van der Waals surface area contributed by atoms with E-state index in [0.29, 0.717) is 5.69 Å². The molecule has 0 saturated carbocycles. The third-order valence-electron chi connectivity index (χ3n) is 3.00. The van der Waals surface area contributed by atoms with Gasteiger partial charge in [0.25, 0.3) is 0 Å². The summed E-state index contributed by atoms with van der Waals surface area (Å²) >= 11 is 0. The summed E-state index contributed by atoms with van der Waals surface area (Å²) in [6.07, 6.45) is 5.42. The van der Waals surface area contributed by atoms with Crippen LogP contribution >= 0.6 is 0 Å². The zero-order valence-corrected chi connectivity index (χ0v) is 11.4. The van der Waals surface area contributed by atoms with Crippen LogP contribution in [0.1, 0.15) is 35.8 Å². The molecule has 0 aliphatic heterocycles. The third kappa shape index (κ3) is 2.67. The molecule has 0 saturated heterocycles. The average Bonchev–Trinajstić information content (AvgIpc) is 2.90. The van der Waals surface area contributed by atoms with E-state index in [1.807, 2.05) is 14.0 Å². The molecule has 0 spiro atoms. The van der Waals surface area contributed by atoms with Crippen LogP contribution in [0.2, 0.25) is 0 Å². The van der Waals surface area contributed by atoms with Crippen LogP contribution in [0.5, 0.6) is 0 Å². The Morgan fingerprint density at radius 2 is 2.11 bits per heavy atom. The smallest absolute Gasteiger partial charge is 0.339 e. The summed E-state index contributed by atoms with van der Waals surface area (Å²) in [5.41, 5.74) is 2.28. The molecule has 102 valence electrons. The second-order valence-electron chi connectivity index (χ2n) is 4.62. The van der Waals surface area contributed by atoms with Crippen molar-refractivity contribution in [1.29, 1.82) is 0 Å². The van der Waals surface area contributed by atoms with E-state index in [4.69, 9.17) is 0 Å². The maximum absolute atomic E-state index is 11.3. The van der Waals surface area contributed by atoms with Crippen LogP contribution in [0.4, 0.5) is 0 Å². The molecule has 2 heterocycles. The number of carboxylic acids is 1. The van der Waals surface area contributed by atoms with E-state index in [1.54, 1.807) is 21.8 Å². The van der Waals surface area contributed by atoms with E-state index < -0.39 is 5.97 Å². The zero-order valence-electron chi connectivity index (χ0n) is 11.4. The molecule has 0 unspecified atom stereocenters. The molecule has 19 heavy (non-hydrogen) atoms. The Bertz CT molecular complexity index is 598. The molecule has 0 aliphatic rings. The van der Waals surface area contributed by atoms with Gasteiger partial charge in [0.2, 0.25) is 0 Å². The van der Waals surface area contributed by atoms with Gasteiger partial charge in [0, 0.05) is 31.5 Å². The fraction of sp³-hybridized carbons (Fsp3) is 0.462. The molecule has 0 amide bonds. The van der Waals surface area contributed by atoms with Crippen LogP contribution < -0.4 is 0 Å². The van der Waals surface area contributed by atoms with E-state index in [-0.39, 0.29) is 5.56 Å². The van der Waals surface area contributed by atoms with E-state index in [1.165, 1.54) is 0 Å². The predicted molar refractivity (Wildman–Crippen MR) is 71.0 cm³/mol. The highest BCUT2D eigenvalue weighted by molar-refractivity contribution is 5.94. The number of carbonyl (C=O) groups is 1. The average molecular weight is 262 g/mol. The molecule has 2 aromatic heterocycles. The summed E-state index contributed by atoms with van der Waals surface area (Å²) in [6.45, 7) is 4.68. The van der Waals surface area contributed by atoms with Crippen molar-refractivity contribution in [3.63, 3.8) is 0 Å². The topological polar surface area (TPSA) is 72.9 Å². The second-order valence-corrected chi connectivity index (χ2v) is 4.62. The van der Waals surface area contributed by atoms with Gasteiger partial charge in [0.15, 0.2) is 0 Å². The first kappa shape index (κ1) is 13.3. The van der Waals surface area contributed by atoms with Crippen molar-refractivity contribution < 1.29 is 9.90 Å². The molecule has 0 atom stereocenters. The standard InChI is InChI=1S/C13H18N4O2/c1-4-5-6-17-8-11(13(18)19)12(15-17)10-7-16(3)14-9(10)2/h7-8H,4-6H2,1-3H3,(H,18,19). The number of unbranched alkanes of at least 4 members (excludes halogenated alkanes) is 1. The van der Waals surface area contributed by atoms with E-state index in [9.17, 15) is 9.90 Å². The lowest BCUT2D eigenvalue weighted by Gasteiger charge is -1.98. The first-order valence-corrected chi connectivity index (χ1v) is 6.34. The number of aryl methyl sites for hydroxylation is 3. The molecule has 0 radical (unpaired) electrons. The van der Waals surface area contributed by atoms with Gasteiger partial charge in [-0.05, 0) is 13.3 Å². The minimum Gasteiger partial charge on any atom is -0.478 e. The molecular weight excluding hydrogens is 244 g/mol. The molecule has 6 nitrogen and oxygen atoms in total. The highest BCUT2D eigenvalue weighted by atomic mass is 16.4. The lowest BCUT2D eigenvalue weighted by molar-refractivity contribution is 0.0697. The van der Waals surface area contributed by atoms with E-state index in [0.717, 1.165) is 30.6 Å². The van der Waals surface area contributed by atoms with Gasteiger partial charge in [-0.25, -0.2) is 4.79 Å². The Balaban J connectivity index is 2.46. The van der Waals surface area contributed by atoms with Crippen molar-refractivity contribution >= 4 is 5.97 Å². The van der Waals surface area contributed by atoms with Gasteiger partial charge in [-0.3, -0.25) is 9.36 Å². The quantitative estimate of drug-likeness (QED) is 0.895. The van der Waals surface area contributed by atoms with Gasteiger partial charge >= 0.3 is 5.97 Å². The van der Waals surface area contributed by atoms with Crippen LogP contribution in [0.15, 0.2) is 12.4 Å². The fourth-order valence-corrected chi connectivity index (χ4v) is 2.04. The first-order valence-electron chi connectivity index (χ1n) is 6.34. The number of nitrogens with zero attached hydrogens (tertiary/aromatic N) is 4. The molecule has 0 aliphatic carbocycles. The molecule has 1 N–H and O–H groups in total. The minimum absolute atomic E-state index is 0.229. The Hall–Kier alpha value is -2.11. The summed E-state index contributed by atoms with van der Waals surface area (Å²) in [5, 5.41) is 17.9. The van der Waals surface area contributed by atoms with Gasteiger partial charge < -0.3 is 5.11 Å². The van der Waals surface area contributed by atoms with Crippen LogP contribution in [-0.4, -0.2) is 30.6 Å². The van der Waals surface area contributed by atoms with Crippen molar-refractivity contribution in [3.05, 3.63) is 23.7 Å². The van der Waals surface area contributed by atoms with Crippen LogP contribution in [0, 0.1) is 6.92 Å². The molecule has 2 aromatic rings. The number of aromatic carboxylic acids is 1. The highest BCUT2D eigenvalue weighted by Gasteiger charge is 2.20. The molecule has 0 bridgehead atoms. The third-order valence-corrected chi connectivity index (χ3v) is 3.00. The number of hydrogen-bond donors (Lipinski definition) is 1. The maximum Gasteiger partial charge on any atom is 0.339 e. The summed E-state index contributed by atoms with van der Waals surface area (Å²) in [6, 6.07) is 0. The van der Waals surface area contributed by atoms with E-state index in [2.05, 4.69) is 17.1 Å². The van der Waals surface area contributed by atoms with Crippen LogP contribution in [-0.2, 0) is 13.6 Å². The van der Waals surface area contributed by atoms with Gasteiger partial charge in [-0.15, -0.1) is 0 Å². The Kier molecular flexibility index (Phi) is 3.69. The molecule has 0 aromatic carbocycles. The SMILES string of the molecule is CCCCn1cc(C(=O)O)c(-c2cn(C)nc2C)n1.